The van der Waals surface area contributed by atoms with Crippen LogP contribution in [0.1, 0.15) is 0 Å². The molecule has 2 aromatic rings. The molecule has 0 saturated carbocycles. The van der Waals surface area contributed by atoms with Gasteiger partial charge in [-0.05, 0) is 29.4 Å². The van der Waals surface area contributed by atoms with E-state index in [-0.39, 0.29) is 17.8 Å². The van der Waals surface area contributed by atoms with Gasteiger partial charge in [0.05, 0.1) is 0 Å². The molecular weight excluding hydrogens is 187 g/mol. The number of anilines is 3. The Kier molecular flexibility index (Phi) is 2.02. The number of benzene rings is 1. The van der Waals surface area contributed by atoms with Gasteiger partial charge in [-0.1, -0.05) is 0 Å². The Balaban J connectivity index is 2.15. The number of aromatic nitrogens is 2. The first-order chi connectivity index (χ1) is 6.74. The zero-order valence-electron chi connectivity index (χ0n) is 7.07. The molecule has 2 rings (SSSR count). The molecule has 6 heteroatoms. The van der Waals surface area contributed by atoms with E-state index in [4.69, 9.17) is 5.73 Å². The molecule has 0 spiro atoms. The van der Waals surface area contributed by atoms with E-state index in [1.807, 2.05) is 0 Å². The van der Waals surface area contributed by atoms with E-state index >= 15 is 0 Å². The van der Waals surface area contributed by atoms with Gasteiger partial charge in [-0.15, -0.1) is 0 Å². The van der Waals surface area contributed by atoms with Crippen molar-refractivity contribution in [2.45, 2.75) is 0 Å². The largest absolute Gasteiger partial charge is 0.351 e. The van der Waals surface area contributed by atoms with E-state index in [0.29, 0.717) is 5.69 Å². The van der Waals surface area contributed by atoms with Crippen molar-refractivity contribution in [3.8, 4) is 0 Å². The minimum absolute atomic E-state index is 0.0189. The summed E-state index contributed by atoms with van der Waals surface area (Å²) in [5.74, 6) is -0.0581. The molecule has 0 aliphatic heterocycles. The van der Waals surface area contributed by atoms with Gasteiger partial charge in [-0.25, -0.2) is 4.39 Å². The Morgan fingerprint density at radius 2 is 2.00 bits per heavy atom. The number of halogens is 1. The first kappa shape index (κ1) is 8.49. The van der Waals surface area contributed by atoms with Gasteiger partial charge in [0.25, 0.3) is 5.95 Å². The third-order valence-corrected chi connectivity index (χ3v) is 1.54. The fourth-order valence-corrected chi connectivity index (χ4v) is 0.948. The average Bonchev–Trinajstić information content (AvgIpc) is 2.56. The van der Waals surface area contributed by atoms with Crippen molar-refractivity contribution in [1.29, 1.82) is 0 Å². The lowest BCUT2D eigenvalue weighted by Gasteiger charge is -1.98. The number of nitrogens with zero attached hydrogens (tertiary/aromatic N) is 2. The highest BCUT2D eigenvalue weighted by Gasteiger charge is 2.01. The van der Waals surface area contributed by atoms with Gasteiger partial charge in [0.2, 0.25) is 0 Å². The monoisotopic (exact) mass is 194 g/mol. The number of rotatable bonds is 2. The van der Waals surface area contributed by atoms with Gasteiger partial charge >= 0.3 is 6.01 Å². The highest BCUT2D eigenvalue weighted by atomic mass is 19.1. The predicted molar refractivity (Wildman–Crippen MR) is 48.4 cm³/mol. The molecule has 0 atom stereocenters. The quantitative estimate of drug-likeness (QED) is 0.758. The Morgan fingerprint density at radius 3 is 2.57 bits per heavy atom. The van der Waals surface area contributed by atoms with E-state index < -0.39 is 0 Å². The van der Waals surface area contributed by atoms with Crippen LogP contribution in [-0.2, 0) is 0 Å². The lowest BCUT2D eigenvalue weighted by atomic mass is 10.3. The highest BCUT2D eigenvalue weighted by Crippen LogP contribution is 2.14. The zero-order chi connectivity index (χ0) is 9.97. The minimum Gasteiger partial charge on any atom is -0.351 e. The Hall–Kier alpha value is -2.11. The first-order valence-electron chi connectivity index (χ1n) is 3.86. The van der Waals surface area contributed by atoms with Crippen molar-refractivity contribution in [1.82, 2.24) is 10.1 Å². The molecule has 0 radical (unpaired) electrons. The van der Waals surface area contributed by atoms with Crippen LogP contribution in [0.25, 0.3) is 0 Å². The van der Waals surface area contributed by atoms with E-state index in [1.54, 1.807) is 12.1 Å². The second-order valence-electron chi connectivity index (χ2n) is 2.59. The summed E-state index contributed by atoms with van der Waals surface area (Å²) >= 11 is 0. The molecule has 72 valence electrons. The second kappa shape index (κ2) is 3.33. The van der Waals surface area contributed by atoms with Gasteiger partial charge in [0.1, 0.15) is 5.82 Å². The van der Waals surface area contributed by atoms with Crippen LogP contribution in [0.15, 0.2) is 28.8 Å². The topological polar surface area (TPSA) is 77.0 Å². The molecule has 1 aromatic carbocycles. The number of nitrogen functional groups attached to an aromatic ring is 1. The highest BCUT2D eigenvalue weighted by molar-refractivity contribution is 5.52. The number of hydrogen-bond acceptors (Lipinski definition) is 5. The molecule has 3 N–H and O–H groups in total. The predicted octanol–water partition coefficient (Wildman–Crippen LogP) is 1.53. The fourth-order valence-electron chi connectivity index (χ4n) is 0.948. The Bertz CT molecular complexity index is 425. The zero-order valence-corrected chi connectivity index (χ0v) is 7.07. The van der Waals surface area contributed by atoms with Crippen LogP contribution in [0.3, 0.4) is 0 Å². The van der Waals surface area contributed by atoms with Gasteiger partial charge in [-0.2, -0.15) is 4.98 Å². The SMILES string of the molecule is Nc1nc(Nc2ccc(F)cc2)no1. The number of hydrogen-bond donors (Lipinski definition) is 2. The van der Waals surface area contributed by atoms with Crippen molar-refractivity contribution in [2.75, 3.05) is 11.1 Å². The third kappa shape index (κ3) is 1.79. The van der Waals surface area contributed by atoms with Crippen LogP contribution < -0.4 is 11.1 Å². The summed E-state index contributed by atoms with van der Waals surface area (Å²) in [4.78, 5) is 3.72. The van der Waals surface area contributed by atoms with E-state index in [9.17, 15) is 4.39 Å². The van der Waals surface area contributed by atoms with Gasteiger partial charge in [0.15, 0.2) is 0 Å². The van der Waals surface area contributed by atoms with Crippen LogP contribution >= 0.6 is 0 Å². The first-order valence-corrected chi connectivity index (χ1v) is 3.86. The molecule has 1 heterocycles. The van der Waals surface area contributed by atoms with E-state index in [0.717, 1.165) is 0 Å². The average molecular weight is 194 g/mol. The van der Waals surface area contributed by atoms with E-state index in [2.05, 4.69) is 20.0 Å². The summed E-state index contributed by atoms with van der Waals surface area (Å²) in [6.45, 7) is 0. The molecule has 0 fully saturated rings. The van der Waals surface area contributed by atoms with Crippen LogP contribution in [0, 0.1) is 5.82 Å². The minimum atomic E-state index is -0.303. The molecule has 0 aliphatic rings. The van der Waals surface area contributed by atoms with Crippen LogP contribution in [0.4, 0.5) is 22.0 Å². The summed E-state index contributed by atoms with van der Waals surface area (Å²) in [5.41, 5.74) is 5.88. The maximum Gasteiger partial charge on any atom is 0.320 e. The van der Waals surface area contributed by atoms with Crippen LogP contribution in [0.5, 0.6) is 0 Å². The van der Waals surface area contributed by atoms with Crippen LogP contribution in [-0.4, -0.2) is 10.1 Å². The maximum atomic E-state index is 12.5. The second-order valence-corrected chi connectivity index (χ2v) is 2.59. The van der Waals surface area contributed by atoms with Gasteiger partial charge in [0, 0.05) is 5.69 Å². The lowest BCUT2D eigenvalue weighted by molar-refractivity contribution is 0.437. The summed E-state index contributed by atoms with van der Waals surface area (Å²) in [5, 5.41) is 6.31. The third-order valence-electron chi connectivity index (χ3n) is 1.54. The van der Waals surface area contributed by atoms with Gasteiger partial charge in [-0.3, -0.25) is 0 Å². The van der Waals surface area contributed by atoms with Crippen molar-refractivity contribution in [3.63, 3.8) is 0 Å². The summed E-state index contributed by atoms with van der Waals surface area (Å²) < 4.78 is 17.1. The molecule has 0 aliphatic carbocycles. The Labute approximate surface area is 78.7 Å². The number of nitrogens with one attached hydrogen (secondary N) is 1. The normalized spacial score (nSPS) is 10.1. The van der Waals surface area contributed by atoms with Crippen molar-refractivity contribution >= 4 is 17.7 Å². The number of nitrogens with two attached hydrogens (primary N) is 1. The van der Waals surface area contributed by atoms with E-state index in [1.165, 1.54) is 12.1 Å². The molecule has 0 unspecified atom stereocenters. The van der Waals surface area contributed by atoms with Gasteiger partial charge < -0.3 is 15.6 Å². The molecule has 14 heavy (non-hydrogen) atoms. The summed E-state index contributed by atoms with van der Waals surface area (Å²) in [6.07, 6.45) is 0. The molecule has 0 saturated heterocycles. The summed E-state index contributed by atoms with van der Waals surface area (Å²) in [7, 11) is 0. The molecule has 1 aromatic heterocycles. The molecular formula is C8H7FN4O. The molecule has 5 nitrogen and oxygen atoms in total. The van der Waals surface area contributed by atoms with Crippen molar-refractivity contribution in [2.24, 2.45) is 0 Å². The maximum absolute atomic E-state index is 12.5. The Morgan fingerprint density at radius 1 is 1.29 bits per heavy atom. The smallest absolute Gasteiger partial charge is 0.320 e. The van der Waals surface area contributed by atoms with Crippen LogP contribution in [0.2, 0.25) is 0 Å². The fraction of sp³-hybridized carbons (Fsp3) is 0. The lowest BCUT2D eigenvalue weighted by Crippen LogP contribution is -1.92. The molecule has 0 amide bonds. The molecule has 0 bridgehead atoms. The van der Waals surface area contributed by atoms with Crippen molar-refractivity contribution < 1.29 is 8.91 Å². The standard InChI is InChI=1S/C8H7FN4O/c9-5-1-3-6(4-2-5)11-8-12-7(10)14-13-8/h1-4H,(H3,10,11,12,13). The summed E-state index contributed by atoms with van der Waals surface area (Å²) in [6, 6.07) is 5.75. The van der Waals surface area contributed by atoms with Crippen molar-refractivity contribution in [3.05, 3.63) is 30.1 Å².